The highest BCUT2D eigenvalue weighted by atomic mass is 15.2. The average molecular weight is 273 g/mol. The van der Waals surface area contributed by atoms with Crippen molar-refractivity contribution in [3.05, 3.63) is 35.4 Å². The van der Waals surface area contributed by atoms with E-state index in [0.717, 1.165) is 0 Å². The van der Waals surface area contributed by atoms with Gasteiger partial charge < -0.3 is 10.6 Å². The van der Waals surface area contributed by atoms with Crippen LogP contribution in [0.25, 0.3) is 0 Å². The van der Waals surface area contributed by atoms with Crippen LogP contribution < -0.4 is 5.73 Å². The number of rotatable bonds is 2. The molecule has 3 unspecified atom stereocenters. The van der Waals surface area contributed by atoms with Crippen molar-refractivity contribution in [1.29, 1.82) is 0 Å². The number of hydrogen-bond acceptors (Lipinski definition) is 3. The number of hydrogen-bond donors (Lipinski definition) is 1. The Morgan fingerprint density at radius 2 is 2.05 bits per heavy atom. The number of nitrogens with two attached hydrogens (primary N) is 1. The van der Waals surface area contributed by atoms with Crippen LogP contribution in [-0.4, -0.2) is 49.1 Å². The third-order valence-corrected chi connectivity index (χ3v) is 5.24. The zero-order valence-corrected chi connectivity index (χ0v) is 12.8. The quantitative estimate of drug-likeness (QED) is 0.895. The van der Waals surface area contributed by atoms with Crippen molar-refractivity contribution >= 4 is 0 Å². The normalized spacial score (nSPS) is 31.3. The van der Waals surface area contributed by atoms with Crippen LogP contribution in [0.15, 0.2) is 24.3 Å². The predicted molar refractivity (Wildman–Crippen MR) is 83.8 cm³/mol. The maximum Gasteiger partial charge on any atom is 0.0455 e. The summed E-state index contributed by atoms with van der Waals surface area (Å²) in [4.78, 5) is 5.02. The number of fused-ring (bicyclic) bond motifs is 1. The van der Waals surface area contributed by atoms with Crippen LogP contribution >= 0.6 is 0 Å². The number of likely N-dealkylation sites (tertiary alicyclic amines) is 1. The molecule has 1 heterocycles. The summed E-state index contributed by atoms with van der Waals surface area (Å²) >= 11 is 0. The summed E-state index contributed by atoms with van der Waals surface area (Å²) < 4.78 is 0. The Bertz CT molecular complexity index is 459. The van der Waals surface area contributed by atoms with Gasteiger partial charge in [0, 0.05) is 24.7 Å². The van der Waals surface area contributed by atoms with Crippen molar-refractivity contribution in [2.45, 2.75) is 43.8 Å². The monoisotopic (exact) mass is 273 g/mol. The second-order valence-corrected chi connectivity index (χ2v) is 6.55. The molecule has 3 atom stereocenters. The second kappa shape index (κ2) is 5.84. The molecule has 2 aliphatic rings. The minimum Gasteiger partial charge on any atom is -0.323 e. The van der Waals surface area contributed by atoms with Crippen LogP contribution in [0.1, 0.15) is 36.4 Å². The summed E-state index contributed by atoms with van der Waals surface area (Å²) in [7, 11) is 4.51. The second-order valence-electron chi connectivity index (χ2n) is 6.55. The Balaban J connectivity index is 1.74. The van der Waals surface area contributed by atoms with Gasteiger partial charge in [0.15, 0.2) is 0 Å². The van der Waals surface area contributed by atoms with Crippen LogP contribution in [0.4, 0.5) is 0 Å². The summed E-state index contributed by atoms with van der Waals surface area (Å²) in [6, 6.07) is 10.0. The van der Waals surface area contributed by atoms with Crippen LogP contribution in [0.5, 0.6) is 0 Å². The van der Waals surface area contributed by atoms with Gasteiger partial charge in [-0.25, -0.2) is 0 Å². The zero-order valence-electron chi connectivity index (χ0n) is 12.8. The van der Waals surface area contributed by atoms with Crippen molar-refractivity contribution in [2.24, 2.45) is 5.73 Å². The maximum absolute atomic E-state index is 6.58. The van der Waals surface area contributed by atoms with Crippen molar-refractivity contribution in [3.63, 3.8) is 0 Å². The molecule has 3 heteroatoms. The Morgan fingerprint density at radius 1 is 1.25 bits per heavy atom. The summed E-state index contributed by atoms with van der Waals surface area (Å²) in [6.45, 7) is 2.42. The van der Waals surface area contributed by atoms with Gasteiger partial charge in [-0.15, -0.1) is 0 Å². The fourth-order valence-electron chi connectivity index (χ4n) is 3.98. The van der Waals surface area contributed by atoms with Crippen LogP contribution in [-0.2, 0) is 6.42 Å². The highest BCUT2D eigenvalue weighted by Gasteiger charge is 2.33. The number of aryl methyl sites for hydroxylation is 1. The Labute approximate surface area is 122 Å². The average Bonchev–Trinajstić information content (AvgIpc) is 2.47. The lowest BCUT2D eigenvalue weighted by Gasteiger charge is -2.44. The van der Waals surface area contributed by atoms with Gasteiger partial charge in [0.25, 0.3) is 0 Å². The van der Waals surface area contributed by atoms with Crippen molar-refractivity contribution in [1.82, 2.24) is 9.80 Å². The molecule has 1 aromatic rings. The molecular formula is C17H27N3. The number of likely N-dealkylation sites (N-methyl/N-ethyl adjacent to an activating group) is 2. The van der Waals surface area contributed by atoms with E-state index < -0.39 is 0 Å². The van der Waals surface area contributed by atoms with E-state index in [1.54, 1.807) is 0 Å². The Morgan fingerprint density at radius 3 is 2.85 bits per heavy atom. The van der Waals surface area contributed by atoms with Crippen molar-refractivity contribution < 1.29 is 0 Å². The minimum atomic E-state index is 0.164. The predicted octanol–water partition coefficient (Wildman–Crippen LogP) is 2.03. The van der Waals surface area contributed by atoms with Crippen LogP contribution in [0.2, 0.25) is 0 Å². The number of piperidine rings is 1. The lowest BCUT2D eigenvalue weighted by atomic mass is 9.83. The van der Waals surface area contributed by atoms with E-state index in [1.807, 2.05) is 0 Å². The van der Waals surface area contributed by atoms with Gasteiger partial charge in [0.05, 0.1) is 0 Å². The lowest BCUT2D eigenvalue weighted by molar-refractivity contribution is 0.0798. The van der Waals surface area contributed by atoms with Gasteiger partial charge in [-0.05, 0) is 57.5 Å². The van der Waals surface area contributed by atoms with Gasteiger partial charge in [-0.2, -0.15) is 0 Å². The van der Waals surface area contributed by atoms with E-state index in [9.17, 15) is 0 Å². The highest BCUT2D eigenvalue weighted by molar-refractivity contribution is 5.33. The fraction of sp³-hybridized carbons (Fsp3) is 0.647. The SMILES string of the molecule is CN1CCCC(N(C)C2CCc3ccccc3C2N)C1. The van der Waals surface area contributed by atoms with Gasteiger partial charge in [-0.3, -0.25) is 4.90 Å². The molecule has 1 aliphatic carbocycles. The highest BCUT2D eigenvalue weighted by Crippen LogP contribution is 2.32. The first-order chi connectivity index (χ1) is 9.66. The molecule has 0 bridgehead atoms. The molecule has 1 saturated heterocycles. The van der Waals surface area contributed by atoms with E-state index in [-0.39, 0.29) is 6.04 Å². The van der Waals surface area contributed by atoms with Crippen molar-refractivity contribution in [2.75, 3.05) is 27.2 Å². The van der Waals surface area contributed by atoms with E-state index in [0.29, 0.717) is 12.1 Å². The summed E-state index contributed by atoms with van der Waals surface area (Å²) in [5, 5.41) is 0. The molecular weight excluding hydrogens is 246 g/mol. The molecule has 2 N–H and O–H groups in total. The summed E-state index contributed by atoms with van der Waals surface area (Å²) in [5.41, 5.74) is 9.39. The molecule has 0 spiro atoms. The molecule has 1 aromatic carbocycles. The molecule has 3 nitrogen and oxygen atoms in total. The standard InChI is InChI=1S/C17H27N3/c1-19-11-5-7-14(12-19)20(2)16-10-9-13-6-3-4-8-15(13)17(16)18/h3-4,6,8,14,16-17H,5,7,9-12,18H2,1-2H3. The topological polar surface area (TPSA) is 32.5 Å². The first-order valence-corrected chi connectivity index (χ1v) is 7.90. The van der Waals surface area contributed by atoms with Crippen LogP contribution in [0, 0.1) is 0 Å². The minimum absolute atomic E-state index is 0.164. The molecule has 0 amide bonds. The summed E-state index contributed by atoms with van der Waals surface area (Å²) in [6.07, 6.45) is 4.98. The third kappa shape index (κ3) is 2.62. The molecule has 3 rings (SSSR count). The molecule has 110 valence electrons. The van der Waals surface area contributed by atoms with E-state index in [1.165, 1.54) is 49.9 Å². The molecule has 0 saturated carbocycles. The maximum atomic E-state index is 6.58. The van der Waals surface area contributed by atoms with Gasteiger partial charge in [0.2, 0.25) is 0 Å². The molecule has 20 heavy (non-hydrogen) atoms. The van der Waals surface area contributed by atoms with Gasteiger partial charge >= 0.3 is 0 Å². The van der Waals surface area contributed by atoms with Gasteiger partial charge in [-0.1, -0.05) is 24.3 Å². The van der Waals surface area contributed by atoms with Gasteiger partial charge in [0.1, 0.15) is 0 Å². The van der Waals surface area contributed by atoms with E-state index in [4.69, 9.17) is 5.73 Å². The number of benzene rings is 1. The number of nitrogens with zero attached hydrogens (tertiary/aromatic N) is 2. The molecule has 0 radical (unpaired) electrons. The van der Waals surface area contributed by atoms with E-state index in [2.05, 4.69) is 48.2 Å². The van der Waals surface area contributed by atoms with Crippen LogP contribution in [0.3, 0.4) is 0 Å². The first-order valence-electron chi connectivity index (χ1n) is 7.90. The van der Waals surface area contributed by atoms with E-state index >= 15 is 0 Å². The third-order valence-electron chi connectivity index (χ3n) is 5.24. The fourth-order valence-corrected chi connectivity index (χ4v) is 3.98. The molecule has 0 aromatic heterocycles. The Kier molecular flexibility index (Phi) is 4.11. The zero-order chi connectivity index (χ0) is 14.1. The largest absolute Gasteiger partial charge is 0.323 e. The Hall–Kier alpha value is -0.900. The lowest BCUT2D eigenvalue weighted by Crippen LogP contribution is -2.53. The molecule has 1 fully saturated rings. The summed E-state index contributed by atoms with van der Waals surface area (Å²) in [5.74, 6) is 0. The van der Waals surface area contributed by atoms with Crippen molar-refractivity contribution in [3.8, 4) is 0 Å². The first kappa shape index (κ1) is 14.1. The molecule has 1 aliphatic heterocycles. The smallest absolute Gasteiger partial charge is 0.0455 e.